The Kier molecular flexibility index (Phi) is 10.7. The van der Waals surface area contributed by atoms with Gasteiger partial charge >= 0.3 is 0 Å². The van der Waals surface area contributed by atoms with Gasteiger partial charge in [-0.1, -0.05) is 120 Å². The van der Waals surface area contributed by atoms with Gasteiger partial charge in [-0.05, 0) is 53.9 Å². The average Bonchev–Trinajstić information content (AvgIpc) is 3.51. The second kappa shape index (κ2) is 14.1. The summed E-state index contributed by atoms with van der Waals surface area (Å²) in [6.07, 6.45) is 12.9. The summed E-state index contributed by atoms with van der Waals surface area (Å²) in [5.74, 6) is 0.369. The molecule has 0 spiro atoms. The summed E-state index contributed by atoms with van der Waals surface area (Å²) in [4.78, 5) is 0. The van der Waals surface area contributed by atoms with Gasteiger partial charge in [0.1, 0.15) is 0 Å². The van der Waals surface area contributed by atoms with Crippen LogP contribution < -0.4 is 10.4 Å². The molecule has 5 rings (SSSR count). The van der Waals surface area contributed by atoms with Crippen LogP contribution in [-0.4, -0.2) is 50.4 Å². The number of benzene rings is 2. The van der Waals surface area contributed by atoms with Crippen LogP contribution in [0.5, 0.6) is 0 Å². The molecule has 1 N–H and O–H groups in total. The zero-order chi connectivity index (χ0) is 30.5. The number of aliphatic hydroxyl groups is 1. The van der Waals surface area contributed by atoms with E-state index in [0.29, 0.717) is 6.42 Å². The van der Waals surface area contributed by atoms with Crippen molar-refractivity contribution in [3.63, 3.8) is 0 Å². The fourth-order valence-corrected chi connectivity index (χ4v) is 12.5. The topological polar surface area (TPSA) is 57.2 Å². The molecule has 6 heteroatoms. The lowest BCUT2D eigenvalue weighted by molar-refractivity contribution is -0.196. The van der Waals surface area contributed by atoms with E-state index in [9.17, 15) is 5.11 Å². The fraction of sp³-hybridized carbons (Fsp3) is 0.622. The molecule has 0 aromatic heterocycles. The van der Waals surface area contributed by atoms with E-state index in [-0.39, 0.29) is 35.4 Å². The van der Waals surface area contributed by atoms with Gasteiger partial charge in [-0.25, -0.2) is 0 Å². The van der Waals surface area contributed by atoms with E-state index >= 15 is 0 Å². The summed E-state index contributed by atoms with van der Waals surface area (Å²) < 4.78 is 26.4. The molecule has 1 saturated carbocycles. The fourth-order valence-electron chi connectivity index (χ4n) is 7.67. The van der Waals surface area contributed by atoms with Gasteiger partial charge in [-0.2, -0.15) is 0 Å². The third-order valence-electron chi connectivity index (χ3n) is 9.89. The van der Waals surface area contributed by atoms with Gasteiger partial charge in [0.15, 0.2) is 12.6 Å². The molecule has 3 aliphatic rings. The van der Waals surface area contributed by atoms with Crippen molar-refractivity contribution in [2.75, 3.05) is 6.61 Å². The molecule has 0 bridgehead atoms. The van der Waals surface area contributed by atoms with Crippen LogP contribution in [0.3, 0.4) is 0 Å². The minimum absolute atomic E-state index is 0.00890. The van der Waals surface area contributed by atoms with Crippen LogP contribution in [0, 0.1) is 11.8 Å². The molecule has 1 aliphatic carbocycles. The molecule has 5 nitrogen and oxygen atoms in total. The molecule has 2 heterocycles. The van der Waals surface area contributed by atoms with Crippen LogP contribution in [0.1, 0.15) is 92.4 Å². The first-order chi connectivity index (χ1) is 20.6. The molecule has 2 aromatic rings. The lowest BCUT2D eigenvalue weighted by Crippen LogP contribution is -2.69. The van der Waals surface area contributed by atoms with Crippen LogP contribution in [0.15, 0.2) is 72.8 Å². The smallest absolute Gasteiger partial charge is 0.262 e. The van der Waals surface area contributed by atoms with Crippen molar-refractivity contribution in [2.24, 2.45) is 11.8 Å². The Balaban J connectivity index is 1.52. The zero-order valence-electron chi connectivity index (χ0n) is 27.0. The molecule has 0 amide bonds. The molecular weight excluding hydrogens is 552 g/mol. The van der Waals surface area contributed by atoms with Gasteiger partial charge in [0.25, 0.3) is 8.32 Å². The molecule has 236 valence electrons. The minimum Gasteiger partial charge on any atom is -0.399 e. The Morgan fingerprint density at radius 3 is 2.19 bits per heavy atom. The number of rotatable bonds is 12. The Morgan fingerprint density at radius 1 is 0.930 bits per heavy atom. The monoisotopic (exact) mass is 606 g/mol. The van der Waals surface area contributed by atoms with Crippen molar-refractivity contribution < 1.29 is 23.7 Å². The third-order valence-corrected chi connectivity index (χ3v) is 15.1. The zero-order valence-corrected chi connectivity index (χ0v) is 28.0. The summed E-state index contributed by atoms with van der Waals surface area (Å²) >= 11 is 0. The van der Waals surface area contributed by atoms with Gasteiger partial charge in [-0.15, -0.1) is 0 Å². The van der Waals surface area contributed by atoms with Gasteiger partial charge in [0, 0.05) is 25.4 Å². The standard InChI is InChI=1S/C37H54O5Si/c1-6-7-15-23-37(5,42-43(36(2,3)4,28-17-10-8-11-18-28)29-19-12-9-13-20-29)24-22-30-31-26-34(38)40-33(31)27-32(30)41-35-21-14-16-25-39-35/h8-13,17-20,22,24,30-35,38H,6-7,14-16,21,23,25-27H2,1-5H3/t30-,31-,32-,33+,34?,35?,37?/m1/s1. The van der Waals surface area contributed by atoms with Gasteiger partial charge < -0.3 is 23.7 Å². The minimum atomic E-state index is -2.78. The number of hydrogen-bond donors (Lipinski definition) is 1. The number of hydrogen-bond acceptors (Lipinski definition) is 5. The molecule has 0 radical (unpaired) electrons. The molecule has 43 heavy (non-hydrogen) atoms. The Morgan fingerprint density at radius 2 is 1.60 bits per heavy atom. The highest BCUT2D eigenvalue weighted by Gasteiger charge is 2.54. The highest BCUT2D eigenvalue weighted by molar-refractivity contribution is 6.99. The second-order valence-electron chi connectivity index (χ2n) is 14.2. The Bertz CT molecular complexity index is 1120. The van der Waals surface area contributed by atoms with E-state index in [1.807, 2.05) is 0 Å². The molecule has 2 saturated heterocycles. The summed E-state index contributed by atoms with van der Waals surface area (Å²) in [5, 5.41) is 12.9. The van der Waals surface area contributed by atoms with Gasteiger partial charge in [0.05, 0.1) is 17.8 Å². The van der Waals surface area contributed by atoms with Crippen LogP contribution in [0.25, 0.3) is 0 Å². The summed E-state index contributed by atoms with van der Waals surface area (Å²) in [6, 6.07) is 21.9. The SMILES string of the molecule is CCCCCC(C)(C=C[C@@H]1[C@H]2CC(O)O[C@H]2C[C@H]1OC1CCCCO1)O[Si](c1ccccc1)(c1ccccc1)C(C)(C)C. The summed E-state index contributed by atoms with van der Waals surface area (Å²) in [6.45, 7) is 12.4. The van der Waals surface area contributed by atoms with Gasteiger partial charge in [0.2, 0.25) is 0 Å². The number of aliphatic hydroxyl groups excluding tert-OH is 1. The van der Waals surface area contributed by atoms with E-state index in [1.165, 1.54) is 16.8 Å². The highest BCUT2D eigenvalue weighted by Crippen LogP contribution is 2.46. The predicted octanol–water partition coefficient (Wildman–Crippen LogP) is 7.11. The van der Waals surface area contributed by atoms with E-state index in [2.05, 4.69) is 107 Å². The lowest BCUT2D eigenvalue weighted by atomic mass is 9.89. The first-order valence-electron chi connectivity index (χ1n) is 16.8. The third kappa shape index (κ3) is 7.37. The second-order valence-corrected chi connectivity index (χ2v) is 18.4. The van der Waals surface area contributed by atoms with E-state index in [4.69, 9.17) is 18.6 Å². The van der Waals surface area contributed by atoms with Crippen molar-refractivity contribution in [1.82, 2.24) is 0 Å². The number of fused-ring (bicyclic) bond motifs is 1. The first-order valence-corrected chi connectivity index (χ1v) is 18.7. The first kappa shape index (κ1) is 32.6. The van der Waals surface area contributed by atoms with E-state index in [0.717, 1.165) is 51.6 Å². The van der Waals surface area contributed by atoms with Crippen LogP contribution in [-0.2, 0) is 18.6 Å². The highest BCUT2D eigenvalue weighted by atomic mass is 28.4. The van der Waals surface area contributed by atoms with Crippen molar-refractivity contribution in [2.45, 2.75) is 128 Å². The quantitative estimate of drug-likeness (QED) is 0.159. The number of unbranched alkanes of at least 4 members (excludes halogenated alkanes) is 2. The maximum Gasteiger partial charge on any atom is 0.262 e. The van der Waals surface area contributed by atoms with Crippen molar-refractivity contribution >= 4 is 18.7 Å². The Hall–Kier alpha value is -1.80. The number of ether oxygens (including phenoxy) is 3. The molecule has 3 unspecified atom stereocenters. The maximum absolute atomic E-state index is 10.4. The van der Waals surface area contributed by atoms with Crippen molar-refractivity contribution in [1.29, 1.82) is 0 Å². The molecule has 2 aliphatic heterocycles. The molecule has 7 atom stereocenters. The largest absolute Gasteiger partial charge is 0.399 e. The summed E-state index contributed by atoms with van der Waals surface area (Å²) in [7, 11) is -2.78. The average molecular weight is 607 g/mol. The van der Waals surface area contributed by atoms with E-state index < -0.39 is 20.2 Å². The normalized spacial score (nSPS) is 29.5. The van der Waals surface area contributed by atoms with Crippen LogP contribution in [0.2, 0.25) is 5.04 Å². The van der Waals surface area contributed by atoms with E-state index in [1.54, 1.807) is 0 Å². The van der Waals surface area contributed by atoms with Crippen molar-refractivity contribution in [3.05, 3.63) is 72.8 Å². The lowest BCUT2D eigenvalue weighted by Gasteiger charge is -2.48. The predicted molar refractivity (Wildman–Crippen MR) is 176 cm³/mol. The summed E-state index contributed by atoms with van der Waals surface area (Å²) in [5.41, 5.74) is -0.484. The van der Waals surface area contributed by atoms with Gasteiger partial charge in [-0.3, -0.25) is 0 Å². The molecule has 2 aromatic carbocycles. The maximum atomic E-state index is 10.4. The molecule has 3 fully saturated rings. The molecular formula is C37H54O5Si. The Labute approximate surface area is 261 Å². The van der Waals surface area contributed by atoms with Crippen molar-refractivity contribution in [3.8, 4) is 0 Å². The van der Waals surface area contributed by atoms with Crippen LogP contribution in [0.4, 0.5) is 0 Å². The van der Waals surface area contributed by atoms with Crippen LogP contribution >= 0.6 is 0 Å².